The molecule has 81 heavy (non-hydrogen) atoms. The summed E-state index contributed by atoms with van der Waals surface area (Å²) in [5, 5.41) is 42.1. The quantitative estimate of drug-likeness (QED) is 0.129. The summed E-state index contributed by atoms with van der Waals surface area (Å²) in [5.74, 6) is 0. The van der Waals surface area contributed by atoms with Gasteiger partial charge in [0.05, 0.1) is 7.57 Å². The minimum Gasteiger partial charge on any atom is -0.423 e. The van der Waals surface area contributed by atoms with Crippen LogP contribution in [0.3, 0.4) is 0 Å². The number of rotatable bonds is 6. The highest BCUT2D eigenvalue weighted by Gasteiger charge is 2.17. The molecule has 17 aromatic rings. The molecule has 0 aliphatic rings. The van der Waals surface area contributed by atoms with Gasteiger partial charge in [0.15, 0.2) is 0 Å². The number of hydrogen-bond donors (Lipinski definition) is 2. The lowest BCUT2D eigenvalue weighted by atomic mass is 9.79. The molecule has 0 aliphatic heterocycles. The highest BCUT2D eigenvalue weighted by molar-refractivity contribution is 9.12. The smallest absolute Gasteiger partial charge is 0.423 e. The van der Waals surface area contributed by atoms with E-state index in [0.29, 0.717) is 5.46 Å². The zero-order chi connectivity index (χ0) is 54.3. The zero-order valence-electron chi connectivity index (χ0n) is 43.4. The van der Waals surface area contributed by atoms with E-state index in [4.69, 9.17) is 0 Å². The summed E-state index contributed by atoms with van der Waals surface area (Å²) >= 11 is 10.2. The summed E-state index contributed by atoms with van der Waals surface area (Å²) in [7, 11) is -1.43. The normalized spacial score (nSPS) is 11.7. The molecule has 382 valence electrons. The fourth-order valence-corrected chi connectivity index (χ4v) is 15.8. The lowest BCUT2D eigenvalue weighted by molar-refractivity contribution is 0.426. The molecule has 2 aromatic heterocycles. The van der Waals surface area contributed by atoms with E-state index in [-0.39, 0.29) is 0 Å². The Bertz CT molecular complexity index is 4890. The fraction of sp³-hybridized carbons (Fsp3) is 0. The first-order chi connectivity index (χ1) is 39.8. The summed E-state index contributed by atoms with van der Waals surface area (Å²) in [4.78, 5) is 2.57. The molecule has 0 spiro atoms. The Morgan fingerprint density at radius 3 is 0.815 bits per heavy atom. The van der Waals surface area contributed by atoms with Crippen LogP contribution in [0.15, 0.2) is 268 Å². The molecule has 0 bridgehead atoms. The Kier molecular flexibility index (Phi) is 12.5. The van der Waals surface area contributed by atoms with Gasteiger partial charge in [-0.3, -0.25) is 0 Å². The van der Waals surface area contributed by atoms with Crippen molar-refractivity contribution < 1.29 is 10.0 Å². The molecule has 2 N–H and O–H groups in total. The molecule has 17 rings (SSSR count). The van der Waals surface area contributed by atoms with E-state index in [9.17, 15) is 10.0 Å². The highest BCUT2D eigenvalue weighted by atomic mass is 79.9. The largest absolute Gasteiger partial charge is 0.488 e. The van der Waals surface area contributed by atoms with Gasteiger partial charge in [0.2, 0.25) is 0 Å². The molecule has 7 heteroatoms. The maximum Gasteiger partial charge on any atom is 0.488 e. The highest BCUT2D eigenvalue weighted by Crippen LogP contribution is 2.44. The predicted octanol–water partition coefficient (Wildman–Crippen LogP) is 21.4. The molecule has 2 heterocycles. The maximum absolute atomic E-state index is 9.30. The molecule has 0 atom stereocenters. The Labute approximate surface area is 492 Å². The Balaban J connectivity index is 0.000000146. The molecular weight excluding hydrogens is 1160 g/mol. The van der Waals surface area contributed by atoms with E-state index in [1.165, 1.54) is 148 Å². The molecule has 0 saturated heterocycles. The van der Waals surface area contributed by atoms with Crippen molar-refractivity contribution in [2.75, 3.05) is 0 Å². The van der Waals surface area contributed by atoms with Crippen LogP contribution in [0.25, 0.3) is 151 Å². The second kappa shape index (κ2) is 20.4. The SMILES string of the molecule is Brc1ccc(Br)s1.OB(O)c1ccc(-c2ccc3ccc4cccc5ccc2c3c45)cc1.c1cc2ccc3ccc(-c4ccc(-c5ccc(-c6ccc(-c7ccc8ccc9cccc%10ccc7c8c9%10)cc6)s5)cc4)c4ccc(c1)c2c34. The summed E-state index contributed by atoms with van der Waals surface area (Å²) < 4.78 is 2.33. The Morgan fingerprint density at radius 2 is 0.519 bits per heavy atom. The number of hydrogen-bond acceptors (Lipinski definition) is 4. The van der Waals surface area contributed by atoms with Gasteiger partial charge in [0.1, 0.15) is 0 Å². The van der Waals surface area contributed by atoms with Crippen molar-refractivity contribution in [3.05, 3.63) is 268 Å². The zero-order valence-corrected chi connectivity index (χ0v) is 48.2. The summed E-state index contributed by atoms with van der Waals surface area (Å²) in [5.41, 5.74) is 10.3. The van der Waals surface area contributed by atoms with Gasteiger partial charge >= 0.3 is 7.12 Å². The van der Waals surface area contributed by atoms with Gasteiger partial charge in [-0.05, 0) is 203 Å². The van der Waals surface area contributed by atoms with E-state index in [1.54, 1.807) is 23.5 Å². The van der Waals surface area contributed by atoms with Crippen LogP contribution in [0.5, 0.6) is 0 Å². The van der Waals surface area contributed by atoms with Gasteiger partial charge in [0.25, 0.3) is 0 Å². The standard InChI is InChI=1S/C48H28S.C22H15BO2.C4H2Br2S/c1-3-33-15-17-37-19-23-39(41-25-21-35(5-1)45(33)47(37)41)29-7-11-31(12-8-29)43-27-28-44(49-43)32-13-9-30(10-14-32)40-24-20-38-18-16-34-4-2-6-36-22-26-42(40)48(38)46(34)36;24-23(25)18-10-6-14(7-11-18)19-12-8-17-5-4-15-2-1-3-16-9-13-20(19)22(17)21(15)16;5-3-1-2-4(6)7-3/h1-28H;1-13,24-25H;1-2H. The van der Waals surface area contributed by atoms with Crippen molar-refractivity contribution >= 4 is 164 Å². The minimum absolute atomic E-state index is 0.501. The third kappa shape index (κ3) is 8.84. The third-order valence-electron chi connectivity index (χ3n) is 16.2. The lowest BCUT2D eigenvalue weighted by Gasteiger charge is -2.14. The van der Waals surface area contributed by atoms with E-state index >= 15 is 0 Å². The first-order valence-corrected chi connectivity index (χ1v) is 30.2. The van der Waals surface area contributed by atoms with Crippen molar-refractivity contribution in [1.29, 1.82) is 0 Å². The van der Waals surface area contributed by atoms with Gasteiger partial charge in [-0.2, -0.15) is 0 Å². The van der Waals surface area contributed by atoms with Crippen molar-refractivity contribution in [1.82, 2.24) is 0 Å². The Morgan fingerprint density at radius 1 is 0.247 bits per heavy atom. The van der Waals surface area contributed by atoms with Crippen LogP contribution in [0.4, 0.5) is 0 Å². The minimum atomic E-state index is -1.43. The molecule has 0 saturated carbocycles. The van der Waals surface area contributed by atoms with Crippen LogP contribution in [-0.4, -0.2) is 17.2 Å². The number of benzene rings is 15. The Hall–Kier alpha value is -8.24. The molecular formula is C74H45BBr2O2S2. The summed E-state index contributed by atoms with van der Waals surface area (Å²) in [6.45, 7) is 0. The van der Waals surface area contributed by atoms with Crippen LogP contribution in [0, 0.1) is 0 Å². The second-order valence-corrected chi connectivity index (χ2v) is 25.7. The average molecular weight is 1200 g/mol. The van der Waals surface area contributed by atoms with Gasteiger partial charge in [-0.15, -0.1) is 22.7 Å². The molecule has 0 aliphatic carbocycles. The predicted molar refractivity (Wildman–Crippen MR) is 359 cm³/mol. The molecule has 0 unspecified atom stereocenters. The summed E-state index contributed by atoms with van der Waals surface area (Å²) in [6.07, 6.45) is 0. The van der Waals surface area contributed by atoms with E-state index < -0.39 is 7.12 Å². The van der Waals surface area contributed by atoms with Crippen LogP contribution in [-0.2, 0) is 0 Å². The second-order valence-electron chi connectivity index (χ2n) is 20.8. The first kappa shape index (κ1) is 49.8. The van der Waals surface area contributed by atoms with Gasteiger partial charge in [-0.1, -0.05) is 237 Å². The fourth-order valence-electron chi connectivity index (χ4n) is 12.4. The molecule has 0 radical (unpaired) electrons. The monoisotopic (exact) mass is 1200 g/mol. The van der Waals surface area contributed by atoms with Crippen LogP contribution in [0.1, 0.15) is 0 Å². The number of thiophene rings is 2. The molecule has 0 amide bonds. The van der Waals surface area contributed by atoms with Gasteiger partial charge in [-0.25, -0.2) is 0 Å². The van der Waals surface area contributed by atoms with E-state index in [1.807, 2.05) is 35.6 Å². The number of halogens is 2. The topological polar surface area (TPSA) is 40.5 Å². The third-order valence-corrected chi connectivity index (χ3v) is 19.6. The average Bonchev–Trinajstić information content (AvgIpc) is 4.19. The molecule has 0 fully saturated rings. The van der Waals surface area contributed by atoms with Crippen molar-refractivity contribution in [3.8, 4) is 54.3 Å². The van der Waals surface area contributed by atoms with E-state index in [2.05, 4.69) is 256 Å². The van der Waals surface area contributed by atoms with Crippen molar-refractivity contribution in [3.63, 3.8) is 0 Å². The van der Waals surface area contributed by atoms with Crippen LogP contribution >= 0.6 is 54.5 Å². The molecule has 15 aromatic carbocycles. The summed E-state index contributed by atoms with van der Waals surface area (Å²) in [6, 6.07) is 94.1. The van der Waals surface area contributed by atoms with Crippen LogP contribution < -0.4 is 5.46 Å². The van der Waals surface area contributed by atoms with Crippen molar-refractivity contribution in [2.45, 2.75) is 0 Å². The first-order valence-electron chi connectivity index (χ1n) is 27.0. The molecule has 2 nitrogen and oxygen atoms in total. The van der Waals surface area contributed by atoms with E-state index in [0.717, 1.165) is 11.1 Å². The lowest BCUT2D eigenvalue weighted by Crippen LogP contribution is -2.29. The van der Waals surface area contributed by atoms with Gasteiger partial charge in [0, 0.05) is 9.75 Å². The van der Waals surface area contributed by atoms with Crippen molar-refractivity contribution in [2.24, 2.45) is 0 Å². The van der Waals surface area contributed by atoms with Gasteiger partial charge < -0.3 is 10.0 Å². The van der Waals surface area contributed by atoms with Crippen LogP contribution in [0.2, 0.25) is 0 Å². The maximum atomic E-state index is 9.30.